The number of rotatable bonds is 4. The van der Waals surface area contributed by atoms with Crippen LogP contribution >= 0.6 is 0 Å². The molecule has 0 saturated carbocycles. The van der Waals surface area contributed by atoms with Crippen molar-refractivity contribution in [1.29, 1.82) is 0 Å². The van der Waals surface area contributed by atoms with Crippen LogP contribution in [0, 0.1) is 0 Å². The smallest absolute Gasteiger partial charge is 0.257 e. The number of unbranched alkanes of at least 4 members (excludes halogenated alkanes) is 1. The Morgan fingerprint density at radius 2 is 2.00 bits per heavy atom. The van der Waals surface area contributed by atoms with Crippen LogP contribution in [0.3, 0.4) is 0 Å². The van der Waals surface area contributed by atoms with Crippen molar-refractivity contribution < 1.29 is 4.79 Å². The van der Waals surface area contributed by atoms with Gasteiger partial charge in [0.2, 0.25) is 0 Å². The molecule has 1 amide bonds. The maximum absolute atomic E-state index is 12.0. The lowest BCUT2D eigenvalue weighted by Crippen LogP contribution is -2.35. The number of carbonyl (C=O) groups is 1. The molecule has 1 atom stereocenters. The lowest BCUT2D eigenvalue weighted by molar-refractivity contribution is -0.123. The molecule has 3 nitrogen and oxygen atoms in total. The largest absolute Gasteiger partial charge is 0.312 e. The highest BCUT2D eigenvalue weighted by molar-refractivity contribution is 6.08. The van der Waals surface area contributed by atoms with Gasteiger partial charge in [-0.15, -0.1) is 0 Å². The number of amides is 1. The molecule has 1 aliphatic heterocycles. The molecule has 1 heterocycles. The molecule has 1 aliphatic rings. The van der Waals surface area contributed by atoms with Crippen LogP contribution in [0.1, 0.15) is 38.7 Å². The first kappa shape index (κ1) is 11.8. The van der Waals surface area contributed by atoms with Gasteiger partial charge in [-0.05, 0) is 18.9 Å². The predicted octanol–water partition coefficient (Wildman–Crippen LogP) is 2.62. The maximum Gasteiger partial charge on any atom is 0.257 e. The lowest BCUT2D eigenvalue weighted by Gasteiger charge is -2.17. The molecule has 1 aromatic carbocycles. The van der Waals surface area contributed by atoms with Gasteiger partial charge in [0.25, 0.3) is 5.91 Å². The predicted molar refractivity (Wildman–Crippen MR) is 68.9 cm³/mol. The quantitative estimate of drug-likeness (QED) is 0.848. The van der Waals surface area contributed by atoms with Crippen LogP contribution in [0.5, 0.6) is 0 Å². The number of hydrogen-bond donors (Lipinski definition) is 1. The number of amidine groups is 1. The Hall–Kier alpha value is -1.64. The third-order valence-electron chi connectivity index (χ3n) is 3.16. The maximum atomic E-state index is 12.0. The highest BCUT2D eigenvalue weighted by Gasteiger charge is 2.40. The van der Waals surface area contributed by atoms with Crippen molar-refractivity contribution in [2.45, 2.75) is 38.6 Å². The summed E-state index contributed by atoms with van der Waals surface area (Å²) in [6.45, 7) is 4.00. The topological polar surface area (TPSA) is 41.5 Å². The van der Waals surface area contributed by atoms with Gasteiger partial charge in [-0.25, -0.2) is 0 Å². The van der Waals surface area contributed by atoms with E-state index in [0.717, 1.165) is 30.7 Å². The average molecular weight is 230 g/mol. The number of benzene rings is 1. The summed E-state index contributed by atoms with van der Waals surface area (Å²) in [5.74, 6) is 0.804. The number of aliphatic imine (C=N–C) groups is 1. The number of nitrogens with zero attached hydrogens (tertiary/aromatic N) is 1. The Morgan fingerprint density at radius 1 is 1.29 bits per heavy atom. The minimum Gasteiger partial charge on any atom is -0.312 e. The normalized spacial score (nSPS) is 23.4. The van der Waals surface area contributed by atoms with Crippen LogP contribution in [0.2, 0.25) is 0 Å². The van der Waals surface area contributed by atoms with Crippen LogP contribution in [0.15, 0.2) is 35.3 Å². The molecule has 2 rings (SSSR count). The van der Waals surface area contributed by atoms with E-state index in [0.29, 0.717) is 0 Å². The van der Waals surface area contributed by atoms with Gasteiger partial charge >= 0.3 is 0 Å². The summed E-state index contributed by atoms with van der Waals surface area (Å²) >= 11 is 0. The second kappa shape index (κ2) is 4.70. The van der Waals surface area contributed by atoms with Gasteiger partial charge < -0.3 is 5.32 Å². The SMILES string of the molecule is CCCCC1=NC(C)(c2ccccc2)C(=O)N1. The molecule has 17 heavy (non-hydrogen) atoms. The molecule has 0 radical (unpaired) electrons. The summed E-state index contributed by atoms with van der Waals surface area (Å²) in [5, 5.41) is 2.89. The fraction of sp³-hybridized carbons (Fsp3) is 0.429. The van der Waals surface area contributed by atoms with Crippen LogP contribution in [0.25, 0.3) is 0 Å². The van der Waals surface area contributed by atoms with E-state index in [4.69, 9.17) is 0 Å². The van der Waals surface area contributed by atoms with E-state index in [9.17, 15) is 4.79 Å². The summed E-state index contributed by atoms with van der Waals surface area (Å²) < 4.78 is 0. The van der Waals surface area contributed by atoms with Gasteiger partial charge in [0, 0.05) is 6.42 Å². The summed E-state index contributed by atoms with van der Waals surface area (Å²) in [6, 6.07) is 9.72. The van der Waals surface area contributed by atoms with E-state index in [-0.39, 0.29) is 5.91 Å². The average Bonchev–Trinajstić information content (AvgIpc) is 2.65. The zero-order valence-corrected chi connectivity index (χ0v) is 10.4. The molecular formula is C14H18N2O. The number of nitrogens with one attached hydrogen (secondary N) is 1. The third kappa shape index (κ3) is 2.23. The molecule has 90 valence electrons. The second-order valence-corrected chi connectivity index (χ2v) is 4.55. The monoisotopic (exact) mass is 230 g/mol. The first-order valence-electron chi connectivity index (χ1n) is 6.12. The Bertz CT molecular complexity index is 439. The summed E-state index contributed by atoms with van der Waals surface area (Å²) in [6.07, 6.45) is 3.02. The minimum atomic E-state index is -0.746. The second-order valence-electron chi connectivity index (χ2n) is 4.55. The molecule has 0 aliphatic carbocycles. The first-order chi connectivity index (χ1) is 8.16. The van der Waals surface area contributed by atoms with Gasteiger partial charge in [0.15, 0.2) is 5.54 Å². The molecule has 1 aromatic rings. The molecule has 1 N–H and O–H groups in total. The van der Waals surface area contributed by atoms with Crippen molar-refractivity contribution in [3.8, 4) is 0 Å². The summed E-state index contributed by atoms with van der Waals surface area (Å²) in [5.41, 5.74) is 0.202. The standard InChI is InChI=1S/C14H18N2O/c1-3-4-10-12-15-13(17)14(2,16-12)11-8-6-5-7-9-11/h5-9H,3-4,10H2,1-2H3,(H,15,16,17). The Kier molecular flexibility index (Phi) is 3.27. The van der Waals surface area contributed by atoms with Crippen molar-refractivity contribution in [3.05, 3.63) is 35.9 Å². The molecule has 0 aromatic heterocycles. The van der Waals surface area contributed by atoms with Crippen LogP contribution < -0.4 is 5.32 Å². The van der Waals surface area contributed by atoms with Gasteiger partial charge in [-0.1, -0.05) is 43.7 Å². The van der Waals surface area contributed by atoms with Crippen molar-refractivity contribution in [3.63, 3.8) is 0 Å². The molecule has 1 unspecified atom stereocenters. The number of hydrogen-bond acceptors (Lipinski definition) is 2. The van der Waals surface area contributed by atoms with Crippen molar-refractivity contribution in [1.82, 2.24) is 5.32 Å². The van der Waals surface area contributed by atoms with Crippen LogP contribution in [0.4, 0.5) is 0 Å². The summed E-state index contributed by atoms with van der Waals surface area (Å²) in [7, 11) is 0. The Balaban J connectivity index is 2.25. The van der Waals surface area contributed by atoms with E-state index >= 15 is 0 Å². The highest BCUT2D eigenvalue weighted by atomic mass is 16.2. The molecule has 0 fully saturated rings. The van der Waals surface area contributed by atoms with Crippen molar-refractivity contribution >= 4 is 11.7 Å². The van der Waals surface area contributed by atoms with Crippen molar-refractivity contribution in [2.75, 3.05) is 0 Å². The molecule has 0 spiro atoms. The Morgan fingerprint density at radius 3 is 2.65 bits per heavy atom. The zero-order chi connectivity index (χ0) is 12.3. The number of carbonyl (C=O) groups excluding carboxylic acids is 1. The van der Waals surface area contributed by atoms with Gasteiger partial charge in [-0.3, -0.25) is 9.79 Å². The molecule has 3 heteroatoms. The van der Waals surface area contributed by atoms with E-state index in [1.54, 1.807) is 0 Å². The highest BCUT2D eigenvalue weighted by Crippen LogP contribution is 2.29. The first-order valence-corrected chi connectivity index (χ1v) is 6.12. The van der Waals surface area contributed by atoms with Gasteiger partial charge in [0.1, 0.15) is 5.84 Å². The van der Waals surface area contributed by atoms with Gasteiger partial charge in [-0.2, -0.15) is 0 Å². The zero-order valence-electron chi connectivity index (χ0n) is 10.4. The fourth-order valence-corrected chi connectivity index (χ4v) is 2.02. The fourth-order valence-electron chi connectivity index (χ4n) is 2.02. The molecule has 0 bridgehead atoms. The van der Waals surface area contributed by atoms with Crippen molar-refractivity contribution in [2.24, 2.45) is 4.99 Å². The van der Waals surface area contributed by atoms with E-state index in [1.165, 1.54) is 0 Å². The van der Waals surface area contributed by atoms with E-state index in [1.807, 2.05) is 37.3 Å². The van der Waals surface area contributed by atoms with E-state index in [2.05, 4.69) is 17.2 Å². The van der Waals surface area contributed by atoms with Gasteiger partial charge in [0.05, 0.1) is 0 Å². The third-order valence-corrected chi connectivity index (χ3v) is 3.16. The molecule has 0 saturated heterocycles. The minimum absolute atomic E-state index is 0.0187. The molecular weight excluding hydrogens is 212 g/mol. The van der Waals surface area contributed by atoms with Crippen LogP contribution in [-0.4, -0.2) is 11.7 Å². The Labute approximate surface area is 102 Å². The van der Waals surface area contributed by atoms with Crippen LogP contribution in [-0.2, 0) is 10.3 Å². The van der Waals surface area contributed by atoms with E-state index < -0.39 is 5.54 Å². The lowest BCUT2D eigenvalue weighted by atomic mass is 9.93. The summed E-state index contributed by atoms with van der Waals surface area (Å²) in [4.78, 5) is 16.6.